The zero-order valence-electron chi connectivity index (χ0n) is 13.3. The van der Waals surface area contributed by atoms with Crippen LogP contribution in [0.5, 0.6) is 0 Å². The quantitative estimate of drug-likeness (QED) is 0.877. The molecule has 3 atom stereocenters. The zero-order valence-corrected chi connectivity index (χ0v) is 14.2. The van der Waals surface area contributed by atoms with Crippen molar-refractivity contribution in [2.24, 2.45) is 5.92 Å². The molecule has 0 bridgehead atoms. The number of hydrogen-bond acceptors (Lipinski definition) is 3. The first kappa shape index (κ1) is 17.2. The maximum absolute atomic E-state index is 12.7. The van der Waals surface area contributed by atoms with Crippen molar-refractivity contribution in [3.63, 3.8) is 0 Å². The summed E-state index contributed by atoms with van der Waals surface area (Å²) in [6.45, 7) is 9.54. The smallest absolute Gasteiger partial charge is 0.157 e. The number of aryl methyl sites for hydroxylation is 1. The zero-order chi connectivity index (χ0) is 15.5. The van der Waals surface area contributed by atoms with Gasteiger partial charge in [0.2, 0.25) is 0 Å². The van der Waals surface area contributed by atoms with Crippen LogP contribution >= 0.6 is 0 Å². The third-order valence-corrected chi connectivity index (χ3v) is 7.08. The van der Waals surface area contributed by atoms with Crippen molar-refractivity contribution in [1.82, 2.24) is 5.32 Å². The summed E-state index contributed by atoms with van der Waals surface area (Å²) in [6, 6.07) is 7.86. The maximum atomic E-state index is 12.7. The molecule has 20 heavy (non-hydrogen) atoms. The third kappa shape index (κ3) is 3.61. The second-order valence-corrected chi connectivity index (χ2v) is 8.59. The van der Waals surface area contributed by atoms with Crippen LogP contribution in [0.2, 0.25) is 0 Å². The van der Waals surface area contributed by atoms with E-state index >= 15 is 0 Å². The highest BCUT2D eigenvalue weighted by Crippen LogP contribution is 2.27. The maximum Gasteiger partial charge on any atom is 0.157 e. The molecule has 0 saturated carbocycles. The minimum absolute atomic E-state index is 0.123. The van der Waals surface area contributed by atoms with Crippen LogP contribution in [-0.4, -0.2) is 26.0 Å². The van der Waals surface area contributed by atoms with Crippen molar-refractivity contribution in [2.45, 2.75) is 51.2 Å². The third-order valence-electron chi connectivity index (χ3n) is 4.19. The van der Waals surface area contributed by atoms with Gasteiger partial charge in [0.15, 0.2) is 9.84 Å². The molecule has 0 saturated heterocycles. The Bertz CT molecular complexity index is 520. The molecule has 114 valence electrons. The van der Waals surface area contributed by atoms with Crippen molar-refractivity contribution in [3.05, 3.63) is 35.4 Å². The van der Waals surface area contributed by atoms with Crippen LogP contribution in [0.4, 0.5) is 0 Å². The normalized spacial score (nSPS) is 16.9. The first-order valence-corrected chi connectivity index (χ1v) is 8.79. The number of sulfone groups is 1. The molecule has 0 aliphatic rings. The van der Waals surface area contributed by atoms with Crippen molar-refractivity contribution in [1.29, 1.82) is 0 Å². The van der Waals surface area contributed by atoms with Crippen LogP contribution in [-0.2, 0) is 9.84 Å². The first-order valence-electron chi connectivity index (χ1n) is 7.18. The van der Waals surface area contributed by atoms with E-state index in [4.69, 9.17) is 0 Å². The van der Waals surface area contributed by atoms with Crippen LogP contribution in [0.15, 0.2) is 24.3 Å². The topological polar surface area (TPSA) is 46.2 Å². The Morgan fingerprint density at radius 3 is 1.85 bits per heavy atom. The van der Waals surface area contributed by atoms with E-state index in [0.29, 0.717) is 0 Å². The predicted molar refractivity (Wildman–Crippen MR) is 85.7 cm³/mol. The Hall–Kier alpha value is -0.870. The van der Waals surface area contributed by atoms with Crippen LogP contribution < -0.4 is 5.32 Å². The fourth-order valence-electron chi connectivity index (χ4n) is 2.35. The highest BCUT2D eigenvalue weighted by Gasteiger charge is 2.35. The average Bonchev–Trinajstić information content (AvgIpc) is 2.40. The van der Waals surface area contributed by atoms with Crippen molar-refractivity contribution >= 4 is 9.84 Å². The molecular weight excluding hydrogens is 270 g/mol. The lowest BCUT2D eigenvalue weighted by molar-refractivity contribution is 0.502. The van der Waals surface area contributed by atoms with Crippen LogP contribution in [0.1, 0.15) is 44.9 Å². The Labute approximate surface area is 123 Å². The Morgan fingerprint density at radius 2 is 1.45 bits per heavy atom. The number of rotatable bonds is 6. The second kappa shape index (κ2) is 6.72. The van der Waals surface area contributed by atoms with Crippen LogP contribution in [0, 0.1) is 12.8 Å². The molecule has 0 aliphatic carbocycles. The van der Waals surface area contributed by atoms with E-state index in [0.717, 1.165) is 5.56 Å². The van der Waals surface area contributed by atoms with Crippen molar-refractivity contribution in [3.8, 4) is 0 Å². The minimum atomic E-state index is -3.17. The van der Waals surface area contributed by atoms with E-state index in [1.165, 1.54) is 5.56 Å². The lowest BCUT2D eigenvalue weighted by atomic mass is 10.0. The molecular formula is C16H27NO2S. The van der Waals surface area contributed by atoms with Gasteiger partial charge in [-0.15, -0.1) is 0 Å². The number of nitrogens with one attached hydrogen (secondary N) is 1. The highest BCUT2D eigenvalue weighted by molar-refractivity contribution is 7.92. The van der Waals surface area contributed by atoms with Gasteiger partial charge in [-0.25, -0.2) is 8.42 Å². The summed E-state index contributed by atoms with van der Waals surface area (Å²) in [5.74, 6) is 0.123. The van der Waals surface area contributed by atoms with Gasteiger partial charge in [0.05, 0.1) is 10.5 Å². The van der Waals surface area contributed by atoms with E-state index in [2.05, 4.69) is 5.32 Å². The highest BCUT2D eigenvalue weighted by atomic mass is 32.2. The molecule has 0 radical (unpaired) electrons. The molecule has 0 fully saturated rings. The van der Waals surface area contributed by atoms with E-state index in [-0.39, 0.29) is 17.2 Å². The van der Waals surface area contributed by atoms with Gasteiger partial charge in [0.1, 0.15) is 0 Å². The lowest BCUT2D eigenvalue weighted by Crippen LogP contribution is -2.39. The Kier molecular flexibility index (Phi) is 5.78. The molecule has 3 nitrogen and oxygen atoms in total. The summed E-state index contributed by atoms with van der Waals surface area (Å²) in [5.41, 5.74) is 2.19. The van der Waals surface area contributed by atoms with Gasteiger partial charge in [-0.3, -0.25) is 0 Å². The molecule has 0 spiro atoms. The summed E-state index contributed by atoms with van der Waals surface area (Å²) in [7, 11) is -1.35. The molecule has 0 heterocycles. The monoisotopic (exact) mass is 297 g/mol. The van der Waals surface area contributed by atoms with Gasteiger partial charge in [0.25, 0.3) is 0 Å². The van der Waals surface area contributed by atoms with E-state index in [1.54, 1.807) is 13.8 Å². The van der Waals surface area contributed by atoms with Crippen molar-refractivity contribution < 1.29 is 8.42 Å². The molecule has 1 rings (SSSR count). The number of hydrogen-bond donors (Lipinski definition) is 1. The van der Waals surface area contributed by atoms with Crippen LogP contribution in [0.3, 0.4) is 0 Å². The summed E-state index contributed by atoms with van der Waals surface area (Å²) >= 11 is 0. The second-order valence-electron chi connectivity index (χ2n) is 5.92. The molecule has 0 aliphatic heterocycles. The van der Waals surface area contributed by atoms with Crippen molar-refractivity contribution in [2.75, 3.05) is 7.05 Å². The fraction of sp³-hybridized carbons (Fsp3) is 0.625. The summed E-state index contributed by atoms with van der Waals surface area (Å²) in [4.78, 5) is 0. The minimum Gasteiger partial charge on any atom is -0.312 e. The fourth-order valence-corrected chi connectivity index (χ4v) is 4.46. The average molecular weight is 297 g/mol. The molecule has 1 N–H and O–H groups in total. The predicted octanol–water partition coefficient (Wildman–Crippen LogP) is 3.10. The standard InChI is InChI=1S/C16H27NO2S/c1-11(2)13(4)20(18,19)14(5)16(17-6)15-9-7-12(3)8-10-15/h7-11,13-14,16-17H,1-6H3. The lowest BCUT2D eigenvalue weighted by Gasteiger charge is -2.28. The summed E-state index contributed by atoms with van der Waals surface area (Å²) in [5, 5.41) is 2.37. The molecule has 4 heteroatoms. The van der Waals surface area contributed by atoms with Crippen LogP contribution in [0.25, 0.3) is 0 Å². The molecule has 1 aromatic carbocycles. The van der Waals surface area contributed by atoms with Gasteiger partial charge in [-0.05, 0) is 39.3 Å². The molecule has 1 aromatic rings. The van der Waals surface area contributed by atoms with Gasteiger partial charge in [-0.2, -0.15) is 0 Å². The van der Waals surface area contributed by atoms with E-state index in [9.17, 15) is 8.42 Å². The molecule has 0 aromatic heterocycles. The summed E-state index contributed by atoms with van der Waals surface area (Å²) in [6.07, 6.45) is 0. The van der Waals surface area contributed by atoms with Gasteiger partial charge >= 0.3 is 0 Å². The van der Waals surface area contributed by atoms with Gasteiger partial charge in [0, 0.05) is 6.04 Å². The Balaban J connectivity index is 3.09. The SMILES string of the molecule is CNC(c1ccc(C)cc1)C(C)S(=O)(=O)C(C)C(C)C. The first-order chi connectivity index (χ1) is 9.21. The van der Waals surface area contributed by atoms with Gasteiger partial charge in [-0.1, -0.05) is 43.7 Å². The van der Waals surface area contributed by atoms with Gasteiger partial charge < -0.3 is 5.32 Å². The van der Waals surface area contributed by atoms with E-state index in [1.807, 2.05) is 52.1 Å². The largest absolute Gasteiger partial charge is 0.312 e. The Morgan fingerprint density at radius 1 is 0.950 bits per heavy atom. The molecule has 3 unspecified atom stereocenters. The van der Waals surface area contributed by atoms with E-state index < -0.39 is 15.1 Å². The number of benzene rings is 1. The molecule has 0 amide bonds. The summed E-state index contributed by atoms with van der Waals surface area (Å²) < 4.78 is 25.3.